The van der Waals surface area contributed by atoms with Gasteiger partial charge in [-0.3, -0.25) is 5.32 Å². The first-order chi connectivity index (χ1) is 6.50. The van der Waals surface area contributed by atoms with Gasteiger partial charge in [0.1, 0.15) is 5.82 Å². The van der Waals surface area contributed by atoms with Crippen LogP contribution in [-0.2, 0) is 0 Å². The first kappa shape index (κ1) is 9.97. The number of nitrogens with one attached hydrogen (secondary N) is 1. The van der Waals surface area contributed by atoms with E-state index in [-0.39, 0.29) is 11.4 Å². The highest BCUT2D eigenvalue weighted by molar-refractivity contribution is 5.90. The lowest BCUT2D eigenvalue weighted by Gasteiger charge is -2.03. The Morgan fingerprint density at radius 2 is 2.21 bits per heavy atom. The van der Waals surface area contributed by atoms with Crippen LogP contribution in [0, 0.1) is 6.92 Å². The Morgan fingerprint density at radius 3 is 2.64 bits per heavy atom. The molecule has 0 radical (unpaired) electrons. The molecule has 0 atom stereocenters. The van der Waals surface area contributed by atoms with E-state index in [9.17, 15) is 9.59 Å². The molecule has 1 aromatic heterocycles. The summed E-state index contributed by atoms with van der Waals surface area (Å²) in [4.78, 5) is 24.8. The van der Waals surface area contributed by atoms with E-state index in [1.54, 1.807) is 6.92 Å². The molecule has 0 aliphatic heterocycles. The molecule has 6 heteroatoms. The molecule has 0 unspecified atom stereocenters. The maximum Gasteiger partial charge on any atom is 0.337 e. The molecule has 6 nitrogen and oxygen atoms in total. The molecule has 4 N–H and O–H groups in total. The van der Waals surface area contributed by atoms with Crippen LogP contribution in [0.25, 0.3) is 0 Å². The van der Waals surface area contributed by atoms with Crippen molar-refractivity contribution >= 4 is 17.8 Å². The van der Waals surface area contributed by atoms with Crippen molar-refractivity contribution < 1.29 is 14.7 Å². The third kappa shape index (κ3) is 2.19. The second kappa shape index (κ2) is 3.73. The van der Waals surface area contributed by atoms with Crippen LogP contribution in [-0.4, -0.2) is 22.1 Å². The second-order valence-electron chi connectivity index (χ2n) is 2.68. The predicted octanol–water partition coefficient (Wildman–Crippen LogP) is 0.579. The number of carbonyl (C=O) groups is 2. The number of anilines is 1. The Bertz CT molecular complexity index is 389. The number of urea groups is 1. The lowest BCUT2D eigenvalue weighted by atomic mass is 10.1. The van der Waals surface area contributed by atoms with Crippen LogP contribution in [0.4, 0.5) is 10.6 Å². The summed E-state index contributed by atoms with van der Waals surface area (Å²) in [6.07, 6.45) is 1.17. The van der Waals surface area contributed by atoms with Crippen molar-refractivity contribution in [2.75, 3.05) is 5.32 Å². The summed E-state index contributed by atoms with van der Waals surface area (Å²) in [6.45, 7) is 1.61. The monoisotopic (exact) mass is 195 g/mol. The summed E-state index contributed by atoms with van der Waals surface area (Å²) in [5, 5.41) is 10.9. The van der Waals surface area contributed by atoms with Crippen LogP contribution >= 0.6 is 0 Å². The number of carboxylic acids is 1. The number of aromatic nitrogens is 1. The van der Waals surface area contributed by atoms with Crippen LogP contribution in [0.3, 0.4) is 0 Å². The molecule has 0 saturated heterocycles. The third-order valence-corrected chi connectivity index (χ3v) is 1.59. The molecule has 0 aliphatic carbocycles. The van der Waals surface area contributed by atoms with Crippen molar-refractivity contribution in [3.8, 4) is 0 Å². The summed E-state index contributed by atoms with van der Waals surface area (Å²) >= 11 is 0. The zero-order valence-corrected chi connectivity index (χ0v) is 7.44. The number of rotatable bonds is 2. The van der Waals surface area contributed by atoms with E-state index < -0.39 is 12.0 Å². The number of hydrogen-bond acceptors (Lipinski definition) is 3. The van der Waals surface area contributed by atoms with Crippen LogP contribution < -0.4 is 11.1 Å². The molecule has 0 bridgehead atoms. The minimum absolute atomic E-state index is 0.0972. The number of carboxylic acid groups (broad SMARTS) is 1. The SMILES string of the molecule is Cc1cc(NC(N)=O)ncc1C(=O)O. The summed E-state index contributed by atoms with van der Waals surface area (Å²) in [5.41, 5.74) is 5.47. The number of carbonyl (C=O) groups excluding carboxylic acids is 1. The number of pyridine rings is 1. The first-order valence-electron chi connectivity index (χ1n) is 3.77. The van der Waals surface area contributed by atoms with Crippen molar-refractivity contribution in [2.24, 2.45) is 5.73 Å². The molecule has 0 aromatic carbocycles. The van der Waals surface area contributed by atoms with Gasteiger partial charge in [-0.15, -0.1) is 0 Å². The van der Waals surface area contributed by atoms with Crippen molar-refractivity contribution in [2.45, 2.75) is 6.92 Å². The lowest BCUT2D eigenvalue weighted by Crippen LogP contribution is -2.20. The van der Waals surface area contributed by atoms with E-state index in [0.29, 0.717) is 5.56 Å². The van der Waals surface area contributed by atoms with E-state index in [0.717, 1.165) is 0 Å². The van der Waals surface area contributed by atoms with Gasteiger partial charge in [0.05, 0.1) is 5.56 Å². The quantitative estimate of drug-likeness (QED) is 0.641. The van der Waals surface area contributed by atoms with Gasteiger partial charge in [0.25, 0.3) is 0 Å². The van der Waals surface area contributed by atoms with Crippen molar-refractivity contribution in [1.82, 2.24) is 4.98 Å². The van der Waals surface area contributed by atoms with Gasteiger partial charge in [0.15, 0.2) is 0 Å². The largest absolute Gasteiger partial charge is 0.478 e. The molecule has 14 heavy (non-hydrogen) atoms. The molecule has 74 valence electrons. The Hall–Kier alpha value is -2.11. The van der Waals surface area contributed by atoms with Crippen molar-refractivity contribution in [3.05, 3.63) is 23.4 Å². The topological polar surface area (TPSA) is 105 Å². The zero-order valence-electron chi connectivity index (χ0n) is 7.44. The van der Waals surface area contributed by atoms with Crippen molar-refractivity contribution in [3.63, 3.8) is 0 Å². The molecule has 1 aromatic rings. The van der Waals surface area contributed by atoms with Crippen LogP contribution in [0.5, 0.6) is 0 Å². The van der Waals surface area contributed by atoms with Gasteiger partial charge in [0, 0.05) is 6.20 Å². The minimum atomic E-state index is -1.05. The molecule has 1 rings (SSSR count). The highest BCUT2D eigenvalue weighted by Crippen LogP contribution is 2.11. The number of primary amides is 1. The summed E-state index contributed by atoms with van der Waals surface area (Å²) in [5.74, 6) is -0.819. The number of nitrogens with two attached hydrogens (primary N) is 1. The molecule has 1 heterocycles. The fourth-order valence-corrected chi connectivity index (χ4v) is 0.974. The predicted molar refractivity (Wildman–Crippen MR) is 49.1 cm³/mol. The first-order valence-corrected chi connectivity index (χ1v) is 3.77. The normalized spacial score (nSPS) is 9.50. The van der Waals surface area contributed by atoms with Gasteiger partial charge in [-0.2, -0.15) is 0 Å². The molecule has 0 fully saturated rings. The van der Waals surface area contributed by atoms with Gasteiger partial charge in [0.2, 0.25) is 0 Å². The van der Waals surface area contributed by atoms with E-state index in [1.807, 2.05) is 0 Å². The van der Waals surface area contributed by atoms with E-state index in [4.69, 9.17) is 10.8 Å². The molecular weight excluding hydrogens is 186 g/mol. The minimum Gasteiger partial charge on any atom is -0.478 e. The van der Waals surface area contributed by atoms with Crippen LogP contribution in [0.2, 0.25) is 0 Å². The van der Waals surface area contributed by atoms with Gasteiger partial charge >= 0.3 is 12.0 Å². The standard InChI is InChI=1S/C8H9N3O3/c1-4-2-6(11-8(9)14)10-3-5(4)7(12)13/h2-3H,1H3,(H,12,13)(H3,9,10,11,14). The summed E-state index contributed by atoms with van der Waals surface area (Å²) in [7, 11) is 0. The Morgan fingerprint density at radius 1 is 1.57 bits per heavy atom. The Kier molecular flexibility index (Phi) is 2.66. The van der Waals surface area contributed by atoms with Gasteiger partial charge < -0.3 is 10.8 Å². The molecule has 0 saturated carbocycles. The summed E-state index contributed by atoms with van der Waals surface area (Å²) < 4.78 is 0. The number of aryl methyl sites for hydroxylation is 1. The maximum absolute atomic E-state index is 10.6. The van der Waals surface area contributed by atoms with Crippen molar-refractivity contribution in [1.29, 1.82) is 0 Å². The van der Waals surface area contributed by atoms with Crippen LogP contribution in [0.1, 0.15) is 15.9 Å². The fraction of sp³-hybridized carbons (Fsp3) is 0.125. The fourth-order valence-electron chi connectivity index (χ4n) is 0.974. The molecule has 0 spiro atoms. The second-order valence-corrected chi connectivity index (χ2v) is 2.68. The Labute approximate surface area is 79.8 Å². The summed E-state index contributed by atoms with van der Waals surface area (Å²) in [6, 6.07) is 0.703. The molecule has 2 amide bonds. The van der Waals surface area contributed by atoms with E-state index in [2.05, 4.69) is 10.3 Å². The Balaban J connectivity index is 3.00. The highest BCUT2D eigenvalue weighted by atomic mass is 16.4. The van der Waals surface area contributed by atoms with Gasteiger partial charge in [-0.1, -0.05) is 0 Å². The number of hydrogen-bond donors (Lipinski definition) is 3. The van der Waals surface area contributed by atoms with Gasteiger partial charge in [-0.25, -0.2) is 14.6 Å². The number of nitrogens with zero attached hydrogens (tertiary/aromatic N) is 1. The average molecular weight is 195 g/mol. The zero-order chi connectivity index (χ0) is 10.7. The molecular formula is C8H9N3O3. The number of amides is 2. The maximum atomic E-state index is 10.6. The highest BCUT2D eigenvalue weighted by Gasteiger charge is 2.08. The third-order valence-electron chi connectivity index (χ3n) is 1.59. The van der Waals surface area contributed by atoms with Crippen LogP contribution in [0.15, 0.2) is 12.3 Å². The van der Waals surface area contributed by atoms with Gasteiger partial charge in [-0.05, 0) is 18.6 Å². The number of aromatic carboxylic acids is 1. The van der Waals surface area contributed by atoms with E-state index >= 15 is 0 Å². The lowest BCUT2D eigenvalue weighted by molar-refractivity contribution is 0.0695. The van der Waals surface area contributed by atoms with E-state index in [1.165, 1.54) is 12.3 Å². The average Bonchev–Trinajstić information content (AvgIpc) is 2.01. The smallest absolute Gasteiger partial charge is 0.337 e. The molecule has 0 aliphatic rings.